The third-order valence-corrected chi connectivity index (χ3v) is 2.90. The molecule has 2 heterocycles. The lowest BCUT2D eigenvalue weighted by molar-refractivity contribution is 0.118. The van der Waals surface area contributed by atoms with Crippen molar-refractivity contribution in [2.45, 2.75) is 12.5 Å². The first kappa shape index (κ1) is 8.99. The molecule has 0 saturated carbocycles. The van der Waals surface area contributed by atoms with Gasteiger partial charge in [-0.25, -0.2) is 4.98 Å². The number of hydrogen-bond acceptors (Lipinski definition) is 4. The zero-order valence-corrected chi connectivity index (χ0v) is 8.31. The highest BCUT2D eigenvalue weighted by molar-refractivity contribution is 7.15. The summed E-state index contributed by atoms with van der Waals surface area (Å²) in [6.07, 6.45) is 3.51. The molecular weight excluding hydrogens is 210 g/mol. The van der Waals surface area contributed by atoms with E-state index >= 15 is 0 Å². The van der Waals surface area contributed by atoms with Gasteiger partial charge in [-0.05, 0) is 6.08 Å². The molecule has 1 aliphatic heterocycles. The largest absolute Gasteiger partial charge is 0.495 e. The minimum absolute atomic E-state index is 0.577. The van der Waals surface area contributed by atoms with E-state index in [-0.39, 0.29) is 0 Å². The molecule has 0 aliphatic carbocycles. The highest BCUT2D eigenvalue weighted by atomic mass is 35.5. The molecule has 1 unspecified atom stereocenters. The van der Waals surface area contributed by atoms with Crippen molar-refractivity contribution in [2.24, 2.45) is 0 Å². The summed E-state index contributed by atoms with van der Waals surface area (Å²) in [6, 6.07) is 0. The first-order valence-corrected chi connectivity index (χ1v) is 5.09. The molecule has 0 radical (unpaired) electrons. The maximum Gasteiger partial charge on any atom is 0.162 e. The van der Waals surface area contributed by atoms with Crippen LogP contribution in [0.15, 0.2) is 18.0 Å². The zero-order valence-electron chi connectivity index (χ0n) is 6.74. The van der Waals surface area contributed by atoms with Crippen LogP contribution in [0.3, 0.4) is 0 Å². The number of aromatic nitrogens is 1. The summed E-state index contributed by atoms with van der Waals surface area (Å²) in [6.45, 7) is 0.644. The van der Waals surface area contributed by atoms with Crippen molar-refractivity contribution in [1.29, 1.82) is 0 Å². The fourth-order valence-corrected chi connectivity index (χ4v) is 2.07. The van der Waals surface area contributed by atoms with Crippen LogP contribution in [0.4, 0.5) is 0 Å². The summed E-state index contributed by atoms with van der Waals surface area (Å²) in [7, 11) is 0. The normalized spacial score (nSPS) is 18.2. The molecule has 0 bridgehead atoms. The summed E-state index contributed by atoms with van der Waals surface area (Å²) < 4.78 is 5.79. The summed E-state index contributed by atoms with van der Waals surface area (Å²) in [4.78, 5) is 3.98. The van der Waals surface area contributed by atoms with Crippen molar-refractivity contribution < 1.29 is 9.84 Å². The molecule has 5 heteroatoms. The number of nitrogens with zero attached hydrogens (tertiary/aromatic N) is 1. The van der Waals surface area contributed by atoms with Crippen LogP contribution >= 0.6 is 22.9 Å². The van der Waals surface area contributed by atoms with E-state index in [2.05, 4.69) is 4.98 Å². The van der Waals surface area contributed by atoms with Crippen molar-refractivity contribution in [1.82, 2.24) is 4.98 Å². The number of halogens is 1. The lowest BCUT2D eigenvalue weighted by Crippen LogP contribution is -2.01. The van der Waals surface area contributed by atoms with Crippen molar-refractivity contribution in [2.75, 3.05) is 6.61 Å². The Morgan fingerprint density at radius 3 is 3.08 bits per heavy atom. The summed E-state index contributed by atoms with van der Waals surface area (Å²) in [5, 5.41) is 10.3. The number of ether oxygens (including phenoxy) is 1. The molecule has 0 saturated heterocycles. The molecule has 0 spiro atoms. The smallest absolute Gasteiger partial charge is 0.162 e. The van der Waals surface area contributed by atoms with Crippen LogP contribution in [-0.4, -0.2) is 16.7 Å². The van der Waals surface area contributed by atoms with Gasteiger partial charge in [0.05, 0.1) is 12.8 Å². The van der Waals surface area contributed by atoms with E-state index in [4.69, 9.17) is 16.3 Å². The SMILES string of the molecule is OC(C1=CCCO1)c1ncc(Cl)s1. The second kappa shape index (κ2) is 3.65. The van der Waals surface area contributed by atoms with Crippen molar-refractivity contribution >= 4 is 22.9 Å². The zero-order chi connectivity index (χ0) is 9.26. The van der Waals surface area contributed by atoms with Gasteiger partial charge in [0.1, 0.15) is 15.1 Å². The molecule has 13 heavy (non-hydrogen) atoms. The van der Waals surface area contributed by atoms with Gasteiger partial charge >= 0.3 is 0 Å². The molecule has 1 aliphatic rings. The Bertz CT molecular complexity index is 337. The van der Waals surface area contributed by atoms with E-state index in [1.54, 1.807) is 0 Å². The average Bonchev–Trinajstić information content (AvgIpc) is 2.72. The number of hydrogen-bond donors (Lipinski definition) is 1. The molecular formula is C8H8ClNO2S. The molecule has 0 amide bonds. The van der Waals surface area contributed by atoms with Gasteiger partial charge in [0.2, 0.25) is 0 Å². The van der Waals surface area contributed by atoms with Crippen LogP contribution in [0.1, 0.15) is 17.5 Å². The molecule has 3 nitrogen and oxygen atoms in total. The van der Waals surface area contributed by atoms with Gasteiger partial charge in [-0.3, -0.25) is 0 Å². The molecule has 2 rings (SSSR count). The number of thiazole rings is 1. The maximum absolute atomic E-state index is 9.73. The van der Waals surface area contributed by atoms with Crippen molar-refractivity contribution in [3.63, 3.8) is 0 Å². The molecule has 1 aromatic heterocycles. The number of aliphatic hydroxyl groups is 1. The molecule has 0 aromatic carbocycles. The highest BCUT2D eigenvalue weighted by Crippen LogP contribution is 2.30. The Hall–Kier alpha value is -0.580. The van der Waals surface area contributed by atoms with Gasteiger partial charge < -0.3 is 9.84 Å². The second-order valence-corrected chi connectivity index (χ2v) is 4.34. The monoisotopic (exact) mass is 217 g/mol. The van der Waals surface area contributed by atoms with E-state index < -0.39 is 6.10 Å². The van der Waals surface area contributed by atoms with Gasteiger partial charge in [0, 0.05) is 6.42 Å². The van der Waals surface area contributed by atoms with Crippen LogP contribution in [0.2, 0.25) is 4.34 Å². The Balaban J connectivity index is 2.16. The van der Waals surface area contributed by atoms with Crippen LogP contribution in [0, 0.1) is 0 Å². The van der Waals surface area contributed by atoms with Gasteiger partial charge in [-0.1, -0.05) is 11.6 Å². The Morgan fingerprint density at radius 1 is 1.69 bits per heavy atom. The van der Waals surface area contributed by atoms with Gasteiger partial charge in [-0.2, -0.15) is 0 Å². The van der Waals surface area contributed by atoms with Crippen LogP contribution in [0.25, 0.3) is 0 Å². The Labute approximate surface area is 84.6 Å². The minimum Gasteiger partial charge on any atom is -0.495 e. The lowest BCUT2D eigenvalue weighted by atomic mass is 10.3. The lowest BCUT2D eigenvalue weighted by Gasteiger charge is -2.08. The van der Waals surface area contributed by atoms with Gasteiger partial charge in [-0.15, -0.1) is 11.3 Å². The predicted octanol–water partition coefficient (Wildman–Crippen LogP) is 2.13. The van der Waals surface area contributed by atoms with Crippen molar-refractivity contribution in [3.8, 4) is 0 Å². The van der Waals surface area contributed by atoms with Crippen molar-refractivity contribution in [3.05, 3.63) is 27.4 Å². The van der Waals surface area contributed by atoms with E-state index in [0.29, 0.717) is 21.7 Å². The standard InChI is InChI=1S/C8H8ClNO2S/c9-6-4-10-8(13-6)7(11)5-2-1-3-12-5/h2,4,7,11H,1,3H2. The van der Waals surface area contributed by atoms with Crippen LogP contribution in [0.5, 0.6) is 0 Å². The Morgan fingerprint density at radius 2 is 2.54 bits per heavy atom. The van der Waals surface area contributed by atoms with Crippen LogP contribution in [-0.2, 0) is 4.74 Å². The van der Waals surface area contributed by atoms with Gasteiger partial charge in [0.25, 0.3) is 0 Å². The molecule has 1 atom stereocenters. The van der Waals surface area contributed by atoms with Crippen LogP contribution < -0.4 is 0 Å². The van der Waals surface area contributed by atoms with Gasteiger partial charge in [0.15, 0.2) is 6.10 Å². The first-order chi connectivity index (χ1) is 6.27. The maximum atomic E-state index is 9.73. The van der Waals surface area contributed by atoms with E-state index in [0.717, 1.165) is 6.42 Å². The Kier molecular flexibility index (Phi) is 2.53. The van der Waals surface area contributed by atoms with E-state index in [9.17, 15) is 5.11 Å². The third-order valence-electron chi connectivity index (χ3n) is 1.73. The summed E-state index contributed by atoms with van der Waals surface area (Å²) in [5.74, 6) is 0.589. The first-order valence-electron chi connectivity index (χ1n) is 3.89. The van der Waals surface area contributed by atoms with E-state index in [1.807, 2.05) is 6.08 Å². The highest BCUT2D eigenvalue weighted by Gasteiger charge is 2.20. The number of rotatable bonds is 2. The predicted molar refractivity (Wildman–Crippen MR) is 50.7 cm³/mol. The summed E-state index contributed by atoms with van der Waals surface area (Å²) in [5.41, 5.74) is 0. The fraction of sp³-hybridized carbons (Fsp3) is 0.375. The topological polar surface area (TPSA) is 42.4 Å². The van der Waals surface area contributed by atoms with E-state index in [1.165, 1.54) is 17.5 Å². The fourth-order valence-electron chi connectivity index (χ4n) is 1.14. The minimum atomic E-state index is -0.750. The quantitative estimate of drug-likeness (QED) is 0.826. The molecule has 0 fully saturated rings. The molecule has 1 N–H and O–H groups in total. The summed E-state index contributed by atoms with van der Waals surface area (Å²) >= 11 is 6.96. The second-order valence-electron chi connectivity index (χ2n) is 2.65. The third kappa shape index (κ3) is 1.85. The average molecular weight is 218 g/mol. The number of aliphatic hydroxyl groups excluding tert-OH is 1. The molecule has 70 valence electrons. The molecule has 1 aromatic rings.